The summed E-state index contributed by atoms with van der Waals surface area (Å²) in [5, 5.41) is 4.96. The SMILES string of the molecule is Br.Cc1cnn(C)c1CBr. The quantitative estimate of drug-likeness (QED) is 0.715. The summed E-state index contributed by atoms with van der Waals surface area (Å²) in [7, 11) is 1.95. The zero-order chi connectivity index (χ0) is 6.85. The van der Waals surface area contributed by atoms with Gasteiger partial charge in [-0.15, -0.1) is 17.0 Å². The number of aromatic nitrogens is 2. The van der Waals surface area contributed by atoms with Crippen LogP contribution in [0.5, 0.6) is 0 Å². The molecule has 1 heterocycles. The number of aryl methyl sites for hydroxylation is 2. The molecule has 2 nitrogen and oxygen atoms in total. The summed E-state index contributed by atoms with van der Waals surface area (Å²) >= 11 is 3.38. The van der Waals surface area contributed by atoms with Crippen molar-refractivity contribution >= 4 is 32.9 Å². The van der Waals surface area contributed by atoms with E-state index in [1.54, 1.807) is 0 Å². The number of alkyl halides is 1. The number of rotatable bonds is 1. The first kappa shape index (κ1) is 10.2. The van der Waals surface area contributed by atoms with Crippen molar-refractivity contribution in [1.29, 1.82) is 0 Å². The lowest BCUT2D eigenvalue weighted by molar-refractivity contribution is 0.736. The molecule has 1 aromatic rings. The van der Waals surface area contributed by atoms with Gasteiger partial charge in [-0.2, -0.15) is 5.10 Å². The van der Waals surface area contributed by atoms with Crippen molar-refractivity contribution in [2.75, 3.05) is 0 Å². The topological polar surface area (TPSA) is 17.8 Å². The lowest BCUT2D eigenvalue weighted by atomic mass is 10.3. The van der Waals surface area contributed by atoms with Crippen molar-refractivity contribution in [3.05, 3.63) is 17.5 Å². The zero-order valence-electron chi connectivity index (χ0n) is 5.97. The Balaban J connectivity index is 0.000000810. The molecule has 0 saturated heterocycles. The first-order chi connectivity index (χ1) is 4.25. The van der Waals surface area contributed by atoms with Crippen LogP contribution >= 0.6 is 32.9 Å². The molecule has 0 aliphatic heterocycles. The molecule has 0 spiro atoms. The van der Waals surface area contributed by atoms with Crippen molar-refractivity contribution in [2.24, 2.45) is 7.05 Å². The Morgan fingerprint density at radius 3 is 2.50 bits per heavy atom. The molecule has 58 valence electrons. The van der Waals surface area contributed by atoms with Gasteiger partial charge in [0.15, 0.2) is 0 Å². The third-order valence-electron chi connectivity index (χ3n) is 1.40. The van der Waals surface area contributed by atoms with Gasteiger partial charge in [-0.1, -0.05) is 15.9 Å². The fraction of sp³-hybridized carbons (Fsp3) is 0.500. The van der Waals surface area contributed by atoms with Crippen molar-refractivity contribution in [3.63, 3.8) is 0 Å². The minimum Gasteiger partial charge on any atom is -0.272 e. The van der Waals surface area contributed by atoms with Gasteiger partial charge < -0.3 is 0 Å². The van der Waals surface area contributed by atoms with E-state index in [2.05, 4.69) is 28.0 Å². The van der Waals surface area contributed by atoms with E-state index < -0.39 is 0 Å². The molecule has 10 heavy (non-hydrogen) atoms. The highest BCUT2D eigenvalue weighted by Gasteiger charge is 1.99. The molecule has 4 heteroatoms. The van der Waals surface area contributed by atoms with Crippen molar-refractivity contribution in [2.45, 2.75) is 12.3 Å². The highest BCUT2D eigenvalue weighted by Crippen LogP contribution is 2.08. The Morgan fingerprint density at radius 2 is 2.30 bits per heavy atom. The largest absolute Gasteiger partial charge is 0.272 e. The molecule has 0 aromatic carbocycles. The van der Waals surface area contributed by atoms with E-state index in [1.807, 2.05) is 17.9 Å². The third-order valence-corrected chi connectivity index (χ3v) is 1.93. The van der Waals surface area contributed by atoms with E-state index in [4.69, 9.17) is 0 Å². The Hall–Kier alpha value is 0.170. The number of hydrogen-bond acceptors (Lipinski definition) is 1. The van der Waals surface area contributed by atoms with Crippen molar-refractivity contribution < 1.29 is 0 Å². The van der Waals surface area contributed by atoms with E-state index in [9.17, 15) is 0 Å². The third kappa shape index (κ3) is 1.83. The second-order valence-electron chi connectivity index (χ2n) is 2.03. The average molecular weight is 270 g/mol. The molecule has 0 N–H and O–H groups in total. The van der Waals surface area contributed by atoms with E-state index in [0.717, 1.165) is 5.33 Å². The monoisotopic (exact) mass is 268 g/mol. The molecule has 0 atom stereocenters. The van der Waals surface area contributed by atoms with Gasteiger partial charge in [0.05, 0.1) is 11.9 Å². The summed E-state index contributed by atoms with van der Waals surface area (Å²) in [6.45, 7) is 2.06. The van der Waals surface area contributed by atoms with Crippen LogP contribution in [0, 0.1) is 6.92 Å². The van der Waals surface area contributed by atoms with Crippen LogP contribution in [-0.2, 0) is 12.4 Å². The fourth-order valence-corrected chi connectivity index (χ4v) is 1.57. The summed E-state index contributed by atoms with van der Waals surface area (Å²) in [5.41, 5.74) is 2.49. The molecule has 0 radical (unpaired) electrons. The highest BCUT2D eigenvalue weighted by molar-refractivity contribution is 9.08. The first-order valence-corrected chi connectivity index (χ1v) is 3.91. The lowest BCUT2D eigenvalue weighted by Gasteiger charge is -1.95. The van der Waals surface area contributed by atoms with Crippen LogP contribution in [0.2, 0.25) is 0 Å². The van der Waals surface area contributed by atoms with Crippen LogP contribution < -0.4 is 0 Å². The number of nitrogens with zero attached hydrogens (tertiary/aromatic N) is 2. The molecule has 0 aliphatic rings. The molecule has 0 amide bonds. The van der Waals surface area contributed by atoms with Gasteiger partial charge in [-0.25, -0.2) is 0 Å². The predicted molar refractivity (Wildman–Crippen MR) is 50.9 cm³/mol. The Bertz CT molecular complexity index is 188. The average Bonchev–Trinajstić information content (AvgIpc) is 2.12. The van der Waals surface area contributed by atoms with E-state index in [0.29, 0.717) is 0 Å². The lowest BCUT2D eigenvalue weighted by Crippen LogP contribution is -1.95. The van der Waals surface area contributed by atoms with Crippen LogP contribution in [0.1, 0.15) is 11.3 Å². The van der Waals surface area contributed by atoms with Crippen LogP contribution in [0.25, 0.3) is 0 Å². The van der Waals surface area contributed by atoms with Gasteiger partial charge in [0.25, 0.3) is 0 Å². The second kappa shape index (κ2) is 4.13. The van der Waals surface area contributed by atoms with Crippen molar-refractivity contribution in [3.8, 4) is 0 Å². The standard InChI is InChI=1S/C6H9BrN2.BrH/c1-5-4-8-9(2)6(5)3-7;/h4H,3H2,1-2H3;1H. The van der Waals surface area contributed by atoms with E-state index in [1.165, 1.54) is 11.3 Å². The molecule has 0 unspecified atom stereocenters. The molecule has 0 bridgehead atoms. The van der Waals surface area contributed by atoms with Gasteiger partial charge in [0, 0.05) is 12.4 Å². The fourth-order valence-electron chi connectivity index (χ4n) is 0.765. The summed E-state index contributed by atoms with van der Waals surface area (Å²) in [6.07, 6.45) is 1.87. The van der Waals surface area contributed by atoms with E-state index in [-0.39, 0.29) is 17.0 Å². The smallest absolute Gasteiger partial charge is 0.0522 e. The van der Waals surface area contributed by atoms with Crippen LogP contribution in [0.3, 0.4) is 0 Å². The normalized spacial score (nSPS) is 9.10. The molecule has 1 rings (SSSR count). The van der Waals surface area contributed by atoms with Crippen LogP contribution in [-0.4, -0.2) is 9.78 Å². The maximum absolute atomic E-state index is 4.07. The van der Waals surface area contributed by atoms with Crippen molar-refractivity contribution in [1.82, 2.24) is 9.78 Å². The van der Waals surface area contributed by atoms with Crippen LogP contribution in [0.15, 0.2) is 6.20 Å². The van der Waals surface area contributed by atoms with Gasteiger partial charge in [0.2, 0.25) is 0 Å². The predicted octanol–water partition coefficient (Wildman–Crippen LogP) is 2.20. The molecule has 0 fully saturated rings. The Labute approximate surface area is 79.5 Å². The van der Waals surface area contributed by atoms with Crippen LogP contribution in [0.4, 0.5) is 0 Å². The maximum atomic E-state index is 4.07. The molecule has 0 saturated carbocycles. The molecular weight excluding hydrogens is 260 g/mol. The summed E-state index contributed by atoms with van der Waals surface area (Å²) in [4.78, 5) is 0. The van der Waals surface area contributed by atoms with Gasteiger partial charge >= 0.3 is 0 Å². The molecule has 1 aromatic heterocycles. The first-order valence-electron chi connectivity index (χ1n) is 2.79. The molecular formula is C6H10Br2N2. The highest BCUT2D eigenvalue weighted by atomic mass is 79.9. The summed E-state index contributed by atoms with van der Waals surface area (Å²) < 4.78 is 1.88. The van der Waals surface area contributed by atoms with Gasteiger partial charge in [-0.05, 0) is 12.5 Å². The maximum Gasteiger partial charge on any atom is 0.0522 e. The minimum absolute atomic E-state index is 0. The molecule has 0 aliphatic carbocycles. The Kier molecular flexibility index (Phi) is 4.20. The zero-order valence-corrected chi connectivity index (χ0v) is 9.26. The number of halogens is 2. The summed E-state index contributed by atoms with van der Waals surface area (Å²) in [6, 6.07) is 0. The summed E-state index contributed by atoms with van der Waals surface area (Å²) in [5.74, 6) is 0. The van der Waals surface area contributed by atoms with Gasteiger partial charge in [0.1, 0.15) is 0 Å². The Morgan fingerprint density at radius 1 is 1.70 bits per heavy atom. The second-order valence-corrected chi connectivity index (χ2v) is 2.59. The van der Waals surface area contributed by atoms with E-state index >= 15 is 0 Å². The minimum atomic E-state index is 0. The number of hydrogen-bond donors (Lipinski definition) is 0. The van der Waals surface area contributed by atoms with Gasteiger partial charge in [-0.3, -0.25) is 4.68 Å².